The van der Waals surface area contributed by atoms with Gasteiger partial charge in [0.1, 0.15) is 5.75 Å². The van der Waals surface area contributed by atoms with Crippen LogP contribution in [0, 0.1) is 0 Å². The van der Waals surface area contributed by atoms with Crippen LogP contribution in [0.2, 0.25) is 0 Å². The molecule has 0 unspecified atom stereocenters. The number of aromatic carboxylic acids is 1. The summed E-state index contributed by atoms with van der Waals surface area (Å²) < 4.78 is 5.23. The van der Waals surface area contributed by atoms with Crippen molar-refractivity contribution < 1.29 is 19.4 Å². The zero-order valence-electron chi connectivity index (χ0n) is 10.1. The first-order chi connectivity index (χ1) is 9.15. The highest BCUT2D eigenvalue weighted by atomic mass is 16.5. The maximum atomic E-state index is 12.3. The normalized spacial score (nSPS) is 11.9. The quantitative estimate of drug-likeness (QED) is 0.689. The van der Waals surface area contributed by atoms with Crippen LogP contribution in [-0.2, 0) is 0 Å². The molecule has 0 spiro atoms. The molecule has 2 aromatic carbocycles. The Morgan fingerprint density at radius 3 is 2.32 bits per heavy atom. The summed E-state index contributed by atoms with van der Waals surface area (Å²) >= 11 is 0. The summed E-state index contributed by atoms with van der Waals surface area (Å²) in [5, 5.41) is 11.2. The predicted molar refractivity (Wildman–Crippen MR) is 66.2 cm³/mol. The van der Waals surface area contributed by atoms with E-state index in [2.05, 4.69) is 0 Å². The van der Waals surface area contributed by atoms with Crippen LogP contribution < -0.4 is 9.84 Å². The van der Waals surface area contributed by atoms with E-state index in [1.165, 1.54) is 13.2 Å². The van der Waals surface area contributed by atoms with E-state index in [1.54, 1.807) is 30.3 Å². The summed E-state index contributed by atoms with van der Waals surface area (Å²) in [6.07, 6.45) is 0. The van der Waals surface area contributed by atoms with E-state index in [0.717, 1.165) is 0 Å². The van der Waals surface area contributed by atoms with Gasteiger partial charge < -0.3 is 14.6 Å². The van der Waals surface area contributed by atoms with Crippen LogP contribution in [0.3, 0.4) is 0 Å². The van der Waals surface area contributed by atoms with Crippen molar-refractivity contribution in [2.24, 2.45) is 0 Å². The molecule has 0 amide bonds. The van der Waals surface area contributed by atoms with Crippen LogP contribution >= 0.6 is 0 Å². The van der Waals surface area contributed by atoms with Crippen LogP contribution in [0.4, 0.5) is 0 Å². The first-order valence-corrected chi connectivity index (χ1v) is 5.71. The van der Waals surface area contributed by atoms with Crippen molar-refractivity contribution in [3.05, 3.63) is 53.1 Å². The molecule has 4 heteroatoms. The third-order valence-electron chi connectivity index (χ3n) is 3.27. The largest absolute Gasteiger partial charge is 0.545 e. The van der Waals surface area contributed by atoms with Gasteiger partial charge in [0, 0.05) is 27.8 Å². The molecule has 0 aromatic heterocycles. The summed E-state index contributed by atoms with van der Waals surface area (Å²) in [5.74, 6) is -1.01. The highest BCUT2D eigenvalue weighted by Crippen LogP contribution is 2.44. The van der Waals surface area contributed by atoms with E-state index < -0.39 is 5.97 Å². The number of ketones is 1. The second-order valence-corrected chi connectivity index (χ2v) is 4.23. The molecule has 94 valence electrons. The van der Waals surface area contributed by atoms with Gasteiger partial charge >= 0.3 is 0 Å². The molecule has 0 fully saturated rings. The number of rotatable bonds is 2. The highest BCUT2D eigenvalue weighted by Gasteiger charge is 2.31. The summed E-state index contributed by atoms with van der Waals surface area (Å²) in [4.78, 5) is 23.5. The molecule has 1 aliphatic carbocycles. The predicted octanol–water partition coefficient (Wildman–Crippen LogP) is 1.27. The van der Waals surface area contributed by atoms with Crippen LogP contribution in [0.5, 0.6) is 5.75 Å². The Balaban J connectivity index is 2.43. The van der Waals surface area contributed by atoms with E-state index >= 15 is 0 Å². The van der Waals surface area contributed by atoms with Gasteiger partial charge in [-0.1, -0.05) is 30.3 Å². The van der Waals surface area contributed by atoms with Gasteiger partial charge in [0.15, 0.2) is 5.78 Å². The SMILES string of the molecule is COc1cccc2c1-c1c(C(=O)[O-])cccc1C2=O. The minimum absolute atomic E-state index is 0.00843. The lowest BCUT2D eigenvalue weighted by atomic mass is 9.99. The van der Waals surface area contributed by atoms with Gasteiger partial charge in [0.05, 0.1) is 13.1 Å². The molecule has 1 aliphatic rings. The summed E-state index contributed by atoms with van der Waals surface area (Å²) in [6.45, 7) is 0. The third kappa shape index (κ3) is 1.46. The van der Waals surface area contributed by atoms with Gasteiger partial charge in [-0.3, -0.25) is 4.79 Å². The van der Waals surface area contributed by atoms with E-state index in [1.807, 2.05) is 0 Å². The fourth-order valence-electron chi connectivity index (χ4n) is 2.47. The second kappa shape index (κ2) is 3.95. The van der Waals surface area contributed by atoms with Gasteiger partial charge in [-0.2, -0.15) is 0 Å². The Labute approximate surface area is 109 Å². The average molecular weight is 253 g/mol. The Morgan fingerprint density at radius 1 is 1.05 bits per heavy atom. The van der Waals surface area contributed by atoms with E-state index in [-0.39, 0.29) is 11.3 Å². The maximum absolute atomic E-state index is 12.3. The number of carbonyl (C=O) groups is 2. The molecule has 3 rings (SSSR count). The molecule has 0 bridgehead atoms. The van der Waals surface area contributed by atoms with Crippen molar-refractivity contribution in [2.75, 3.05) is 7.11 Å². The molecule has 0 atom stereocenters. The number of methoxy groups -OCH3 is 1. The number of ether oxygens (including phenoxy) is 1. The number of carbonyl (C=O) groups excluding carboxylic acids is 2. The first-order valence-electron chi connectivity index (χ1n) is 5.71. The molecule has 19 heavy (non-hydrogen) atoms. The molecule has 2 aromatic rings. The van der Waals surface area contributed by atoms with Crippen LogP contribution in [0.1, 0.15) is 26.3 Å². The molecular formula is C15H9O4-. The summed E-state index contributed by atoms with van der Waals surface area (Å²) in [5.41, 5.74) is 1.77. The fraction of sp³-hybridized carbons (Fsp3) is 0.0667. The average Bonchev–Trinajstić information content (AvgIpc) is 2.72. The van der Waals surface area contributed by atoms with Crippen molar-refractivity contribution >= 4 is 11.8 Å². The van der Waals surface area contributed by atoms with E-state index in [4.69, 9.17) is 4.74 Å². The lowest BCUT2D eigenvalue weighted by Crippen LogP contribution is -2.23. The van der Waals surface area contributed by atoms with Gasteiger partial charge in [0.25, 0.3) is 0 Å². The molecule has 0 saturated heterocycles. The van der Waals surface area contributed by atoms with Crippen LogP contribution in [0.15, 0.2) is 36.4 Å². The van der Waals surface area contributed by atoms with Gasteiger partial charge in [-0.15, -0.1) is 0 Å². The van der Waals surface area contributed by atoms with Crippen LogP contribution in [0.25, 0.3) is 11.1 Å². The number of hydrogen-bond donors (Lipinski definition) is 0. The molecule has 4 nitrogen and oxygen atoms in total. The van der Waals surface area contributed by atoms with Crippen molar-refractivity contribution in [3.8, 4) is 16.9 Å². The second-order valence-electron chi connectivity index (χ2n) is 4.23. The smallest absolute Gasteiger partial charge is 0.194 e. The van der Waals surface area contributed by atoms with E-state index in [0.29, 0.717) is 28.0 Å². The maximum Gasteiger partial charge on any atom is 0.194 e. The standard InChI is InChI=1S/C15H10O4/c1-19-11-7-3-5-9-13(11)12-8(14(9)16)4-2-6-10(12)15(17)18/h2-7H,1H3,(H,17,18)/p-1. The van der Waals surface area contributed by atoms with Crippen molar-refractivity contribution in [1.82, 2.24) is 0 Å². The molecule has 0 heterocycles. The minimum Gasteiger partial charge on any atom is -0.545 e. The number of benzene rings is 2. The topological polar surface area (TPSA) is 66.4 Å². The monoisotopic (exact) mass is 253 g/mol. The molecule has 0 aliphatic heterocycles. The highest BCUT2D eigenvalue weighted by molar-refractivity contribution is 6.24. The van der Waals surface area contributed by atoms with Gasteiger partial charge in [-0.25, -0.2) is 0 Å². The molecule has 0 radical (unpaired) electrons. The van der Waals surface area contributed by atoms with E-state index in [9.17, 15) is 14.7 Å². The first kappa shape index (κ1) is 11.5. The number of carboxylic acids is 1. The van der Waals surface area contributed by atoms with Crippen LogP contribution in [-0.4, -0.2) is 18.9 Å². The number of fused-ring (bicyclic) bond motifs is 3. The lowest BCUT2D eigenvalue weighted by Gasteiger charge is -2.12. The number of hydrogen-bond acceptors (Lipinski definition) is 4. The molecule has 0 N–H and O–H groups in total. The van der Waals surface area contributed by atoms with Gasteiger partial charge in [-0.05, 0) is 6.07 Å². The number of carboxylic acid groups (broad SMARTS) is 1. The summed E-state index contributed by atoms with van der Waals surface area (Å²) in [7, 11) is 1.49. The lowest BCUT2D eigenvalue weighted by molar-refractivity contribution is -0.254. The van der Waals surface area contributed by atoms with Gasteiger partial charge in [0.2, 0.25) is 0 Å². The van der Waals surface area contributed by atoms with Crippen molar-refractivity contribution in [2.45, 2.75) is 0 Å². The zero-order chi connectivity index (χ0) is 13.6. The Bertz CT molecular complexity index is 716. The Morgan fingerprint density at radius 2 is 1.68 bits per heavy atom. The Kier molecular flexibility index (Phi) is 2.38. The fourth-order valence-corrected chi connectivity index (χ4v) is 2.47. The van der Waals surface area contributed by atoms with Crippen molar-refractivity contribution in [3.63, 3.8) is 0 Å². The third-order valence-corrected chi connectivity index (χ3v) is 3.27. The molecule has 0 saturated carbocycles. The molecular weight excluding hydrogens is 244 g/mol. The minimum atomic E-state index is -1.30. The summed E-state index contributed by atoms with van der Waals surface area (Å²) in [6, 6.07) is 9.67. The Hall–Kier alpha value is -2.62. The zero-order valence-corrected chi connectivity index (χ0v) is 10.1. The van der Waals surface area contributed by atoms with Crippen molar-refractivity contribution in [1.29, 1.82) is 0 Å².